The molecule has 0 aliphatic rings. The van der Waals surface area contributed by atoms with Crippen molar-refractivity contribution in [2.24, 2.45) is 5.92 Å². The highest BCUT2D eigenvalue weighted by Gasteiger charge is 2.20. The Balaban J connectivity index is 2.86. The van der Waals surface area contributed by atoms with Gasteiger partial charge in [0.15, 0.2) is 0 Å². The first-order valence-electron chi connectivity index (χ1n) is 6.54. The average molecular weight is 237 g/mol. The summed E-state index contributed by atoms with van der Waals surface area (Å²) in [7, 11) is 0. The van der Waals surface area contributed by atoms with Gasteiger partial charge in [0.1, 0.15) is 5.82 Å². The van der Waals surface area contributed by atoms with Gasteiger partial charge in [0, 0.05) is 18.5 Å². The third kappa shape index (κ3) is 4.12. The lowest BCUT2D eigenvalue weighted by atomic mass is 9.85. The lowest BCUT2D eigenvalue weighted by molar-refractivity contribution is 0.395. The molecule has 1 aromatic carbocycles. The minimum absolute atomic E-state index is 0.0802. The van der Waals surface area contributed by atoms with Crippen LogP contribution < -0.4 is 5.32 Å². The minimum atomic E-state index is -0.0802. The zero-order chi connectivity index (χ0) is 12.8. The molecule has 96 valence electrons. The Hall–Kier alpha value is -0.890. The molecule has 0 spiro atoms. The molecule has 0 heterocycles. The molecule has 2 heteroatoms. The van der Waals surface area contributed by atoms with Crippen molar-refractivity contribution in [3.05, 3.63) is 35.6 Å². The highest BCUT2D eigenvalue weighted by atomic mass is 19.1. The molecule has 1 rings (SSSR count). The van der Waals surface area contributed by atoms with E-state index in [2.05, 4.69) is 33.0 Å². The van der Waals surface area contributed by atoms with Gasteiger partial charge in [-0.2, -0.15) is 0 Å². The maximum absolute atomic E-state index is 13.8. The first-order chi connectivity index (χ1) is 8.06. The lowest BCUT2D eigenvalue weighted by Gasteiger charge is -2.25. The van der Waals surface area contributed by atoms with E-state index >= 15 is 0 Å². The minimum Gasteiger partial charge on any atom is -0.314 e. The molecule has 0 aliphatic carbocycles. The van der Waals surface area contributed by atoms with Gasteiger partial charge in [-0.15, -0.1) is 0 Å². The number of nitrogens with one attached hydrogen (secondary N) is 1. The van der Waals surface area contributed by atoms with Crippen LogP contribution in [0, 0.1) is 11.7 Å². The van der Waals surface area contributed by atoms with Gasteiger partial charge in [-0.1, -0.05) is 52.3 Å². The van der Waals surface area contributed by atoms with Gasteiger partial charge in [-0.05, 0) is 17.5 Å². The van der Waals surface area contributed by atoms with E-state index in [0.29, 0.717) is 12.0 Å². The first-order valence-corrected chi connectivity index (χ1v) is 6.54. The maximum Gasteiger partial charge on any atom is 0.126 e. The monoisotopic (exact) mass is 237 g/mol. The quantitative estimate of drug-likeness (QED) is 0.790. The van der Waals surface area contributed by atoms with Crippen molar-refractivity contribution >= 4 is 0 Å². The molecule has 1 N–H and O–H groups in total. The summed E-state index contributed by atoms with van der Waals surface area (Å²) in [5.74, 6) is 0.658. The predicted molar refractivity (Wildman–Crippen MR) is 71.7 cm³/mol. The third-order valence-electron chi connectivity index (χ3n) is 3.38. The molecule has 1 aromatic rings. The van der Waals surface area contributed by atoms with Crippen molar-refractivity contribution in [2.75, 3.05) is 6.54 Å². The van der Waals surface area contributed by atoms with Crippen LogP contribution in [0.3, 0.4) is 0 Å². The zero-order valence-corrected chi connectivity index (χ0v) is 11.3. The molecule has 2 unspecified atom stereocenters. The molecule has 0 bridgehead atoms. The Kier molecular flexibility index (Phi) is 5.63. The van der Waals surface area contributed by atoms with Gasteiger partial charge in [0.05, 0.1) is 0 Å². The fourth-order valence-corrected chi connectivity index (χ4v) is 2.04. The summed E-state index contributed by atoms with van der Waals surface area (Å²) in [5, 5.41) is 3.42. The normalized spacial score (nSPS) is 14.9. The molecule has 0 radical (unpaired) electrons. The van der Waals surface area contributed by atoms with Gasteiger partial charge in [-0.3, -0.25) is 0 Å². The molecule has 0 saturated heterocycles. The number of rotatable bonds is 6. The van der Waals surface area contributed by atoms with Crippen LogP contribution in [0.1, 0.15) is 45.6 Å². The molecule has 0 saturated carbocycles. The maximum atomic E-state index is 13.8. The standard InChI is InChI=1S/C15H24FN/c1-5-12(4)14(10-17-11(2)3)13-8-6-7-9-15(13)16/h6-9,11-12,14,17H,5,10H2,1-4H3. The van der Waals surface area contributed by atoms with Gasteiger partial charge in [-0.25, -0.2) is 4.39 Å². The topological polar surface area (TPSA) is 12.0 Å². The molecule has 0 aromatic heterocycles. The Labute approximate surface area is 104 Å². The summed E-state index contributed by atoms with van der Waals surface area (Å²) in [5.41, 5.74) is 0.843. The molecule has 2 atom stereocenters. The average Bonchev–Trinajstić information content (AvgIpc) is 2.30. The first kappa shape index (κ1) is 14.2. The highest BCUT2D eigenvalue weighted by molar-refractivity contribution is 5.22. The Morgan fingerprint density at radius 1 is 1.18 bits per heavy atom. The Bertz CT molecular complexity index is 335. The van der Waals surface area contributed by atoms with Gasteiger partial charge >= 0.3 is 0 Å². The van der Waals surface area contributed by atoms with Crippen molar-refractivity contribution in [2.45, 2.75) is 46.1 Å². The Morgan fingerprint density at radius 2 is 1.82 bits per heavy atom. The summed E-state index contributed by atoms with van der Waals surface area (Å²) >= 11 is 0. The van der Waals surface area contributed by atoms with Crippen molar-refractivity contribution in [3.63, 3.8) is 0 Å². The van der Waals surface area contributed by atoms with Crippen molar-refractivity contribution in [1.82, 2.24) is 5.32 Å². The summed E-state index contributed by atoms with van der Waals surface area (Å²) in [6.07, 6.45) is 1.07. The van der Waals surface area contributed by atoms with Crippen molar-refractivity contribution in [3.8, 4) is 0 Å². The van der Waals surface area contributed by atoms with Crippen molar-refractivity contribution < 1.29 is 4.39 Å². The third-order valence-corrected chi connectivity index (χ3v) is 3.38. The molecule has 1 nitrogen and oxygen atoms in total. The fourth-order valence-electron chi connectivity index (χ4n) is 2.04. The van der Waals surface area contributed by atoms with Crippen LogP contribution in [-0.4, -0.2) is 12.6 Å². The number of hydrogen-bond acceptors (Lipinski definition) is 1. The van der Waals surface area contributed by atoms with Crippen LogP contribution >= 0.6 is 0 Å². The SMILES string of the molecule is CCC(C)C(CNC(C)C)c1ccccc1F. The second kappa shape index (κ2) is 6.75. The summed E-state index contributed by atoms with van der Waals surface area (Å²) < 4.78 is 13.8. The molecule has 0 fully saturated rings. The largest absolute Gasteiger partial charge is 0.314 e. The van der Waals surface area contributed by atoms with E-state index < -0.39 is 0 Å². The number of hydrogen-bond donors (Lipinski definition) is 1. The fraction of sp³-hybridized carbons (Fsp3) is 0.600. The van der Waals surface area contributed by atoms with Crippen LogP contribution in [0.4, 0.5) is 4.39 Å². The van der Waals surface area contributed by atoms with Crippen LogP contribution in [0.15, 0.2) is 24.3 Å². The van der Waals surface area contributed by atoms with Crippen molar-refractivity contribution in [1.29, 1.82) is 0 Å². The summed E-state index contributed by atoms with van der Waals surface area (Å²) in [6.45, 7) is 9.44. The smallest absolute Gasteiger partial charge is 0.126 e. The van der Waals surface area contributed by atoms with E-state index in [0.717, 1.165) is 18.5 Å². The predicted octanol–water partition coefficient (Wildman–Crippen LogP) is 3.95. The molecule has 17 heavy (non-hydrogen) atoms. The zero-order valence-electron chi connectivity index (χ0n) is 11.3. The summed E-state index contributed by atoms with van der Waals surface area (Å²) in [4.78, 5) is 0. The van der Waals surface area contributed by atoms with Gasteiger partial charge < -0.3 is 5.32 Å². The second-order valence-electron chi connectivity index (χ2n) is 5.08. The van der Waals surface area contributed by atoms with E-state index in [9.17, 15) is 4.39 Å². The van der Waals surface area contributed by atoms with E-state index in [1.54, 1.807) is 12.1 Å². The van der Waals surface area contributed by atoms with Gasteiger partial charge in [0.2, 0.25) is 0 Å². The van der Waals surface area contributed by atoms with Gasteiger partial charge in [0.25, 0.3) is 0 Å². The van der Waals surface area contributed by atoms with Crippen LogP contribution in [0.25, 0.3) is 0 Å². The second-order valence-corrected chi connectivity index (χ2v) is 5.08. The molecule has 0 aliphatic heterocycles. The molecular formula is C15H24FN. The van der Waals surface area contributed by atoms with E-state index in [1.165, 1.54) is 0 Å². The molecular weight excluding hydrogens is 213 g/mol. The lowest BCUT2D eigenvalue weighted by Crippen LogP contribution is -2.31. The van der Waals surface area contributed by atoms with E-state index in [1.807, 2.05) is 12.1 Å². The Morgan fingerprint density at radius 3 is 2.35 bits per heavy atom. The van der Waals surface area contributed by atoms with Crippen LogP contribution in [0.5, 0.6) is 0 Å². The molecule has 0 amide bonds. The number of halogens is 1. The van der Waals surface area contributed by atoms with Crippen LogP contribution in [0.2, 0.25) is 0 Å². The number of benzene rings is 1. The van der Waals surface area contributed by atoms with Crippen LogP contribution in [-0.2, 0) is 0 Å². The summed E-state index contributed by atoms with van der Waals surface area (Å²) in [6, 6.07) is 7.58. The highest BCUT2D eigenvalue weighted by Crippen LogP contribution is 2.28. The van der Waals surface area contributed by atoms with E-state index in [4.69, 9.17) is 0 Å². The van der Waals surface area contributed by atoms with E-state index in [-0.39, 0.29) is 11.7 Å².